The molecule has 0 spiro atoms. The lowest BCUT2D eigenvalue weighted by molar-refractivity contribution is 0.747. The van der Waals surface area contributed by atoms with Gasteiger partial charge in [-0.3, -0.25) is 9.36 Å². The summed E-state index contributed by atoms with van der Waals surface area (Å²) in [4.78, 5) is 18.3. The molecule has 5 heteroatoms. The van der Waals surface area contributed by atoms with Gasteiger partial charge in [0.25, 0.3) is 5.56 Å². The minimum atomic E-state index is -0.00384. The lowest BCUT2D eigenvalue weighted by atomic mass is 10.1. The predicted octanol–water partition coefficient (Wildman–Crippen LogP) is 4.94. The molecule has 0 saturated heterocycles. The van der Waals surface area contributed by atoms with Crippen LogP contribution in [0.3, 0.4) is 0 Å². The van der Waals surface area contributed by atoms with Gasteiger partial charge < -0.3 is 0 Å². The molecule has 0 saturated carbocycles. The molecule has 0 N–H and O–H groups in total. The normalized spacial score (nSPS) is 11.0. The van der Waals surface area contributed by atoms with E-state index in [1.54, 1.807) is 10.9 Å². The first kappa shape index (κ1) is 15.3. The molecule has 4 rings (SSSR count). The van der Waals surface area contributed by atoms with Crippen LogP contribution >= 0.6 is 27.3 Å². The van der Waals surface area contributed by atoms with Gasteiger partial charge in [-0.05, 0) is 17.2 Å². The van der Waals surface area contributed by atoms with E-state index >= 15 is 0 Å². The number of hydrogen-bond acceptors (Lipinski definition) is 3. The lowest BCUT2D eigenvalue weighted by Gasteiger charge is -2.08. The standard InChI is InChI=1S/C19H13BrN2OS/c20-16-9-5-4-8-14(16)10-22-12-21-18-17(19(22)23)15(11-24-18)13-6-2-1-3-7-13/h1-9,11-12H,10H2. The van der Waals surface area contributed by atoms with Crippen LogP contribution in [0.15, 0.2) is 75.6 Å². The second kappa shape index (κ2) is 6.34. The fourth-order valence-corrected chi connectivity index (χ4v) is 4.04. The molecule has 0 bridgehead atoms. The summed E-state index contributed by atoms with van der Waals surface area (Å²) in [5.74, 6) is 0. The first-order chi connectivity index (χ1) is 11.7. The summed E-state index contributed by atoms with van der Waals surface area (Å²) in [6.07, 6.45) is 1.63. The molecule has 0 aliphatic carbocycles. The number of benzene rings is 2. The molecule has 3 nitrogen and oxygen atoms in total. The molecule has 2 aromatic carbocycles. The molecule has 24 heavy (non-hydrogen) atoms. The van der Waals surface area contributed by atoms with E-state index in [0.717, 1.165) is 26.0 Å². The Morgan fingerprint density at radius 1 is 1.04 bits per heavy atom. The summed E-state index contributed by atoms with van der Waals surface area (Å²) in [7, 11) is 0. The molecular weight excluding hydrogens is 384 g/mol. The molecule has 2 heterocycles. The van der Waals surface area contributed by atoms with E-state index in [0.29, 0.717) is 11.9 Å². The number of rotatable bonds is 3. The van der Waals surface area contributed by atoms with Gasteiger partial charge in [0.15, 0.2) is 0 Å². The smallest absolute Gasteiger partial charge is 0.263 e. The van der Waals surface area contributed by atoms with Crippen LogP contribution in [-0.2, 0) is 6.54 Å². The molecule has 4 aromatic rings. The van der Waals surface area contributed by atoms with Crippen LogP contribution in [-0.4, -0.2) is 9.55 Å². The summed E-state index contributed by atoms with van der Waals surface area (Å²) in [5.41, 5.74) is 3.05. The highest BCUT2D eigenvalue weighted by Gasteiger charge is 2.13. The van der Waals surface area contributed by atoms with Gasteiger partial charge in [-0.25, -0.2) is 4.98 Å². The van der Waals surface area contributed by atoms with Gasteiger partial charge in [-0.2, -0.15) is 0 Å². The molecule has 0 radical (unpaired) electrons. The van der Waals surface area contributed by atoms with E-state index in [-0.39, 0.29) is 5.56 Å². The van der Waals surface area contributed by atoms with Crippen molar-refractivity contribution in [3.63, 3.8) is 0 Å². The molecule has 118 valence electrons. The van der Waals surface area contributed by atoms with Crippen LogP contribution in [0.2, 0.25) is 0 Å². The summed E-state index contributed by atoms with van der Waals surface area (Å²) in [6, 6.07) is 17.9. The van der Waals surface area contributed by atoms with Gasteiger partial charge in [0.05, 0.1) is 18.3 Å². The maximum Gasteiger partial charge on any atom is 0.263 e. The molecule has 0 aliphatic heterocycles. The summed E-state index contributed by atoms with van der Waals surface area (Å²) < 4.78 is 2.66. The molecular formula is C19H13BrN2OS. The van der Waals surface area contributed by atoms with Gasteiger partial charge >= 0.3 is 0 Å². The van der Waals surface area contributed by atoms with Crippen LogP contribution in [0.1, 0.15) is 5.56 Å². The third-order valence-corrected chi connectivity index (χ3v) is 5.60. The third-order valence-electron chi connectivity index (χ3n) is 3.94. The number of nitrogens with zero attached hydrogens (tertiary/aromatic N) is 2. The van der Waals surface area contributed by atoms with Crippen molar-refractivity contribution >= 4 is 37.5 Å². The molecule has 0 unspecified atom stereocenters. The van der Waals surface area contributed by atoms with Crippen LogP contribution < -0.4 is 5.56 Å². The van der Waals surface area contributed by atoms with Gasteiger partial charge in [-0.1, -0.05) is 64.5 Å². The Hall–Kier alpha value is -2.24. The number of hydrogen-bond donors (Lipinski definition) is 0. The Balaban J connectivity index is 1.86. The Bertz CT molecular complexity index is 1070. The topological polar surface area (TPSA) is 34.9 Å². The number of fused-ring (bicyclic) bond motifs is 1. The molecule has 2 aromatic heterocycles. The molecule has 0 fully saturated rings. The zero-order chi connectivity index (χ0) is 16.5. The highest BCUT2D eigenvalue weighted by molar-refractivity contribution is 9.10. The van der Waals surface area contributed by atoms with Crippen LogP contribution in [0.4, 0.5) is 0 Å². The second-order valence-electron chi connectivity index (χ2n) is 5.46. The van der Waals surface area contributed by atoms with Crippen molar-refractivity contribution < 1.29 is 0 Å². The average molecular weight is 397 g/mol. The van der Waals surface area contributed by atoms with Crippen molar-refractivity contribution in [2.45, 2.75) is 6.54 Å². The molecule has 0 aliphatic rings. The lowest BCUT2D eigenvalue weighted by Crippen LogP contribution is -2.21. The SMILES string of the molecule is O=c1c2c(-c3ccccc3)csc2ncn1Cc1ccccc1Br. The van der Waals surface area contributed by atoms with Crippen LogP contribution in [0, 0.1) is 0 Å². The van der Waals surface area contributed by atoms with Crippen molar-refractivity contribution in [1.82, 2.24) is 9.55 Å². The molecule has 0 atom stereocenters. The van der Waals surface area contributed by atoms with Crippen molar-refractivity contribution in [1.29, 1.82) is 0 Å². The number of aromatic nitrogens is 2. The van der Waals surface area contributed by atoms with Crippen molar-refractivity contribution in [3.8, 4) is 11.1 Å². The Morgan fingerprint density at radius 2 is 1.79 bits per heavy atom. The maximum atomic E-state index is 13.0. The largest absolute Gasteiger partial charge is 0.294 e. The van der Waals surface area contributed by atoms with E-state index < -0.39 is 0 Å². The quantitative estimate of drug-likeness (QED) is 0.491. The average Bonchev–Trinajstić information content (AvgIpc) is 3.05. The van der Waals surface area contributed by atoms with Gasteiger partial charge in [0.1, 0.15) is 4.83 Å². The Kier molecular flexibility index (Phi) is 4.04. The first-order valence-electron chi connectivity index (χ1n) is 7.49. The van der Waals surface area contributed by atoms with E-state index in [1.165, 1.54) is 11.3 Å². The maximum absolute atomic E-state index is 13.0. The van der Waals surface area contributed by atoms with Crippen molar-refractivity contribution in [2.24, 2.45) is 0 Å². The second-order valence-corrected chi connectivity index (χ2v) is 7.18. The minimum absolute atomic E-state index is 0.00384. The van der Waals surface area contributed by atoms with E-state index in [4.69, 9.17) is 0 Å². The zero-order valence-electron chi connectivity index (χ0n) is 12.6. The van der Waals surface area contributed by atoms with Crippen molar-refractivity contribution in [3.05, 3.63) is 86.7 Å². The minimum Gasteiger partial charge on any atom is -0.294 e. The fourth-order valence-electron chi connectivity index (χ4n) is 2.72. The summed E-state index contributed by atoms with van der Waals surface area (Å²) in [5, 5.41) is 2.71. The summed E-state index contributed by atoms with van der Waals surface area (Å²) in [6.45, 7) is 0.493. The predicted molar refractivity (Wildman–Crippen MR) is 103 cm³/mol. The molecule has 0 amide bonds. The van der Waals surface area contributed by atoms with E-state index in [9.17, 15) is 4.79 Å². The van der Waals surface area contributed by atoms with Gasteiger partial charge in [0.2, 0.25) is 0 Å². The zero-order valence-corrected chi connectivity index (χ0v) is 15.0. The van der Waals surface area contributed by atoms with Gasteiger partial charge in [0, 0.05) is 15.4 Å². The highest BCUT2D eigenvalue weighted by atomic mass is 79.9. The highest BCUT2D eigenvalue weighted by Crippen LogP contribution is 2.30. The third kappa shape index (κ3) is 2.70. The Morgan fingerprint density at radius 3 is 2.58 bits per heavy atom. The fraction of sp³-hybridized carbons (Fsp3) is 0.0526. The monoisotopic (exact) mass is 396 g/mol. The number of thiophene rings is 1. The summed E-state index contributed by atoms with van der Waals surface area (Å²) >= 11 is 5.05. The van der Waals surface area contributed by atoms with Crippen molar-refractivity contribution in [2.75, 3.05) is 0 Å². The van der Waals surface area contributed by atoms with E-state index in [2.05, 4.69) is 20.9 Å². The first-order valence-corrected chi connectivity index (χ1v) is 9.17. The van der Waals surface area contributed by atoms with E-state index in [1.807, 2.05) is 60.0 Å². The van der Waals surface area contributed by atoms with Crippen LogP contribution in [0.5, 0.6) is 0 Å². The Labute approximate surface area is 151 Å². The van der Waals surface area contributed by atoms with Gasteiger partial charge in [-0.15, -0.1) is 11.3 Å². The van der Waals surface area contributed by atoms with Crippen LogP contribution in [0.25, 0.3) is 21.3 Å². The number of halogens is 1.